The monoisotopic (exact) mass is 289 g/mol. The second-order valence-corrected chi connectivity index (χ2v) is 4.43. The molecule has 0 amide bonds. The Balaban J connectivity index is 2.51. The number of nitrogens with one attached hydrogen (secondary N) is 1. The van der Waals surface area contributed by atoms with Crippen LogP contribution in [-0.4, -0.2) is 37.8 Å². The Bertz CT molecular complexity index is 643. The number of benzene rings is 1. The van der Waals surface area contributed by atoms with Crippen LogP contribution in [0.5, 0.6) is 0 Å². The molecule has 1 heterocycles. The molecule has 0 saturated heterocycles. The molecule has 1 aromatic carbocycles. The predicted molar refractivity (Wildman–Crippen MR) is 82.5 cm³/mol. The van der Waals surface area contributed by atoms with Crippen molar-refractivity contribution in [2.45, 2.75) is 6.92 Å². The first kappa shape index (κ1) is 15.1. The lowest BCUT2D eigenvalue weighted by atomic mass is 10.1. The summed E-state index contributed by atoms with van der Waals surface area (Å²) in [6.45, 7) is 3.17. The van der Waals surface area contributed by atoms with Crippen molar-refractivity contribution in [2.75, 3.05) is 37.9 Å². The van der Waals surface area contributed by atoms with Crippen molar-refractivity contribution in [3.8, 4) is 0 Å². The zero-order chi connectivity index (χ0) is 15.2. The van der Waals surface area contributed by atoms with Gasteiger partial charge in [0.1, 0.15) is 5.56 Å². The summed E-state index contributed by atoms with van der Waals surface area (Å²) in [5.74, 6) is -0.408. The highest BCUT2D eigenvalue weighted by Crippen LogP contribution is 2.29. The van der Waals surface area contributed by atoms with Crippen LogP contribution < -0.4 is 11.1 Å². The van der Waals surface area contributed by atoms with Crippen LogP contribution in [0.1, 0.15) is 17.3 Å². The maximum Gasteiger partial charge on any atom is 0.341 e. The minimum Gasteiger partial charge on any atom is -0.462 e. The second-order valence-electron chi connectivity index (χ2n) is 4.43. The van der Waals surface area contributed by atoms with E-state index >= 15 is 0 Å². The Hall–Kier alpha value is -2.34. The first-order chi connectivity index (χ1) is 10.2. The molecule has 0 aliphatic carbocycles. The molecule has 0 unspecified atom stereocenters. The van der Waals surface area contributed by atoms with E-state index in [1.165, 1.54) is 6.20 Å². The topological polar surface area (TPSA) is 86.5 Å². The van der Waals surface area contributed by atoms with Crippen LogP contribution in [0.4, 0.5) is 11.4 Å². The van der Waals surface area contributed by atoms with E-state index in [9.17, 15) is 4.79 Å². The maximum absolute atomic E-state index is 12.1. The molecule has 112 valence electrons. The van der Waals surface area contributed by atoms with Gasteiger partial charge in [-0.3, -0.25) is 4.98 Å². The number of esters is 1. The summed E-state index contributed by atoms with van der Waals surface area (Å²) in [5, 5.41) is 3.99. The number of hydrogen-bond donors (Lipinski definition) is 2. The minimum atomic E-state index is -0.408. The Morgan fingerprint density at radius 2 is 2.24 bits per heavy atom. The standard InChI is InChI=1S/C15H19N3O3/c1-3-21-15(19)11-9-18-14-10(5-4-6-12(14)16)13(11)17-7-8-20-2/h4-6,9H,3,7-8,16H2,1-2H3,(H,17,18). The smallest absolute Gasteiger partial charge is 0.341 e. The lowest BCUT2D eigenvalue weighted by molar-refractivity contribution is 0.0527. The fourth-order valence-electron chi connectivity index (χ4n) is 2.08. The Labute approximate surface area is 123 Å². The molecule has 2 rings (SSSR count). The highest BCUT2D eigenvalue weighted by molar-refractivity contribution is 6.07. The van der Waals surface area contributed by atoms with E-state index in [4.69, 9.17) is 15.2 Å². The molecule has 0 spiro atoms. The number of carbonyl (C=O) groups excluding carboxylic acids is 1. The molecule has 0 atom stereocenters. The molecule has 6 nitrogen and oxygen atoms in total. The van der Waals surface area contributed by atoms with Gasteiger partial charge in [-0.05, 0) is 13.0 Å². The molecule has 21 heavy (non-hydrogen) atoms. The van der Waals surface area contributed by atoms with Crippen molar-refractivity contribution in [1.82, 2.24) is 4.98 Å². The molecular weight excluding hydrogens is 270 g/mol. The van der Waals surface area contributed by atoms with E-state index in [2.05, 4.69) is 10.3 Å². The number of anilines is 2. The molecular formula is C15H19N3O3. The third kappa shape index (κ3) is 3.22. The number of rotatable bonds is 6. The molecule has 2 aromatic rings. The van der Waals surface area contributed by atoms with Gasteiger partial charge in [0.05, 0.1) is 30.1 Å². The second kappa shape index (κ2) is 6.90. The van der Waals surface area contributed by atoms with Crippen LogP contribution in [0.15, 0.2) is 24.4 Å². The molecule has 6 heteroatoms. The third-order valence-corrected chi connectivity index (χ3v) is 3.03. The van der Waals surface area contributed by atoms with Gasteiger partial charge in [-0.25, -0.2) is 4.79 Å². The molecule has 0 bridgehead atoms. The molecule has 0 radical (unpaired) electrons. The van der Waals surface area contributed by atoms with Crippen molar-refractivity contribution in [3.63, 3.8) is 0 Å². The SMILES string of the molecule is CCOC(=O)c1cnc2c(N)cccc2c1NCCOC. The van der Waals surface area contributed by atoms with E-state index in [-0.39, 0.29) is 0 Å². The van der Waals surface area contributed by atoms with Crippen LogP contribution in [0.3, 0.4) is 0 Å². The van der Waals surface area contributed by atoms with Crippen LogP contribution in [0.2, 0.25) is 0 Å². The molecule has 0 saturated carbocycles. The first-order valence-electron chi connectivity index (χ1n) is 6.76. The van der Waals surface area contributed by atoms with Crippen molar-refractivity contribution >= 4 is 28.2 Å². The number of fused-ring (bicyclic) bond motifs is 1. The number of methoxy groups -OCH3 is 1. The number of carbonyl (C=O) groups is 1. The van der Waals surface area contributed by atoms with Gasteiger partial charge >= 0.3 is 5.97 Å². The third-order valence-electron chi connectivity index (χ3n) is 3.03. The number of nitrogens with zero attached hydrogens (tertiary/aromatic N) is 1. The summed E-state index contributed by atoms with van der Waals surface area (Å²) in [4.78, 5) is 16.3. The summed E-state index contributed by atoms with van der Waals surface area (Å²) in [7, 11) is 1.62. The van der Waals surface area contributed by atoms with Gasteiger partial charge in [0.15, 0.2) is 0 Å². The fourth-order valence-corrected chi connectivity index (χ4v) is 2.08. The van der Waals surface area contributed by atoms with Crippen molar-refractivity contribution in [1.29, 1.82) is 0 Å². The van der Waals surface area contributed by atoms with Gasteiger partial charge in [-0.15, -0.1) is 0 Å². The van der Waals surface area contributed by atoms with Gasteiger partial charge < -0.3 is 20.5 Å². The lowest BCUT2D eigenvalue weighted by Gasteiger charge is -2.14. The number of nitrogens with two attached hydrogens (primary N) is 1. The van der Waals surface area contributed by atoms with Gasteiger partial charge in [0, 0.05) is 25.2 Å². The van der Waals surface area contributed by atoms with Crippen molar-refractivity contribution in [3.05, 3.63) is 30.0 Å². The lowest BCUT2D eigenvalue weighted by Crippen LogP contribution is -2.14. The Morgan fingerprint density at radius 3 is 2.95 bits per heavy atom. The molecule has 0 fully saturated rings. The summed E-state index contributed by atoms with van der Waals surface area (Å²) in [5.41, 5.74) is 8.22. The Morgan fingerprint density at radius 1 is 1.43 bits per heavy atom. The average Bonchev–Trinajstić information content (AvgIpc) is 2.48. The van der Waals surface area contributed by atoms with E-state index in [1.807, 2.05) is 12.1 Å². The van der Waals surface area contributed by atoms with Crippen LogP contribution in [0, 0.1) is 0 Å². The average molecular weight is 289 g/mol. The number of hydrogen-bond acceptors (Lipinski definition) is 6. The quantitative estimate of drug-likeness (QED) is 0.481. The summed E-state index contributed by atoms with van der Waals surface area (Å²) in [6, 6.07) is 5.48. The maximum atomic E-state index is 12.1. The highest BCUT2D eigenvalue weighted by atomic mass is 16.5. The van der Waals surface area contributed by atoms with Gasteiger partial charge in [-0.1, -0.05) is 12.1 Å². The van der Waals surface area contributed by atoms with Crippen LogP contribution in [0.25, 0.3) is 10.9 Å². The molecule has 0 aliphatic heterocycles. The van der Waals surface area contributed by atoms with Gasteiger partial charge in [-0.2, -0.15) is 0 Å². The van der Waals surface area contributed by atoms with Crippen molar-refractivity contribution in [2.24, 2.45) is 0 Å². The van der Waals surface area contributed by atoms with E-state index in [1.54, 1.807) is 20.1 Å². The summed E-state index contributed by atoms with van der Waals surface area (Å²) < 4.78 is 10.1. The number of aromatic nitrogens is 1. The highest BCUT2D eigenvalue weighted by Gasteiger charge is 2.17. The first-order valence-corrected chi connectivity index (χ1v) is 6.76. The largest absolute Gasteiger partial charge is 0.462 e. The minimum absolute atomic E-state index is 0.311. The number of nitrogen functional groups attached to an aromatic ring is 1. The van der Waals surface area contributed by atoms with Gasteiger partial charge in [0.2, 0.25) is 0 Å². The van der Waals surface area contributed by atoms with Crippen LogP contribution in [-0.2, 0) is 9.47 Å². The summed E-state index contributed by atoms with van der Waals surface area (Å²) in [6.07, 6.45) is 1.49. The Kier molecular flexibility index (Phi) is 4.94. The van der Waals surface area contributed by atoms with E-state index < -0.39 is 5.97 Å². The summed E-state index contributed by atoms with van der Waals surface area (Å²) >= 11 is 0. The molecule has 1 aromatic heterocycles. The fraction of sp³-hybridized carbons (Fsp3) is 0.333. The number of ether oxygens (including phenoxy) is 2. The zero-order valence-electron chi connectivity index (χ0n) is 12.2. The van der Waals surface area contributed by atoms with Crippen LogP contribution >= 0.6 is 0 Å². The van der Waals surface area contributed by atoms with E-state index in [0.717, 1.165) is 5.39 Å². The predicted octanol–water partition coefficient (Wildman–Crippen LogP) is 2.05. The van der Waals surface area contributed by atoms with Gasteiger partial charge in [0.25, 0.3) is 0 Å². The number of para-hydroxylation sites is 1. The number of pyridine rings is 1. The van der Waals surface area contributed by atoms with Crippen molar-refractivity contribution < 1.29 is 14.3 Å². The van der Waals surface area contributed by atoms with E-state index in [0.29, 0.717) is 42.2 Å². The normalized spacial score (nSPS) is 10.6. The molecule has 0 aliphatic rings. The zero-order valence-corrected chi connectivity index (χ0v) is 12.2. The molecule has 3 N–H and O–H groups in total.